The van der Waals surface area contributed by atoms with Crippen LogP contribution in [-0.4, -0.2) is 0 Å². The molecule has 0 saturated heterocycles. The summed E-state index contributed by atoms with van der Waals surface area (Å²) >= 11 is 0. The predicted molar refractivity (Wildman–Crippen MR) is 149 cm³/mol. The standard InChI is InChI=1S/C9H20.2C6H14.C5H12.C4H10/c1-8(2)6-5-7-9(3)4;2*1-4-5-6(2)3;1-3-5-4-2;1-3-4-2/h8-9H,5-7H2,1-4H3;2*6H,4-5H2,1-3H3;3-5H2,1-2H3;3-4H2,1-2H3. The summed E-state index contributed by atoms with van der Waals surface area (Å²) in [5.41, 5.74) is 0. The Morgan fingerprint density at radius 2 is 0.567 bits per heavy atom. The van der Waals surface area contributed by atoms with Crippen LogP contribution in [-0.2, 0) is 0 Å². The lowest BCUT2D eigenvalue weighted by atomic mass is 10.0. The lowest BCUT2D eigenvalue weighted by molar-refractivity contribution is 0.480. The summed E-state index contributed by atoms with van der Waals surface area (Å²) in [6, 6.07) is 0. The van der Waals surface area contributed by atoms with Crippen molar-refractivity contribution in [1.29, 1.82) is 0 Å². The topological polar surface area (TPSA) is 0 Å². The Kier molecular flexibility index (Phi) is 53.1. The zero-order valence-electron chi connectivity index (χ0n) is 24.8. The van der Waals surface area contributed by atoms with Gasteiger partial charge in [0.15, 0.2) is 0 Å². The smallest absolute Gasteiger partial charge is 0.0471 e. The van der Waals surface area contributed by atoms with Crippen molar-refractivity contribution in [3.8, 4) is 0 Å². The predicted octanol–water partition coefficient (Wildman–Crippen LogP) is 12.4. The van der Waals surface area contributed by atoms with Gasteiger partial charge >= 0.3 is 0 Å². The minimum absolute atomic E-state index is 0.892. The van der Waals surface area contributed by atoms with Crippen molar-refractivity contribution in [1.82, 2.24) is 0 Å². The second-order valence-electron chi connectivity index (χ2n) is 10.4. The normalized spacial score (nSPS) is 9.80. The summed E-state index contributed by atoms with van der Waals surface area (Å²) in [6.45, 7) is 31.4. The first-order chi connectivity index (χ1) is 14.0. The van der Waals surface area contributed by atoms with Crippen LogP contribution >= 0.6 is 0 Å². The maximum Gasteiger partial charge on any atom is -0.0471 e. The van der Waals surface area contributed by atoms with E-state index in [1.54, 1.807) is 0 Å². The van der Waals surface area contributed by atoms with E-state index in [4.69, 9.17) is 0 Å². The van der Waals surface area contributed by atoms with Gasteiger partial charge in [-0.05, 0) is 23.7 Å². The van der Waals surface area contributed by atoms with E-state index < -0.39 is 0 Å². The van der Waals surface area contributed by atoms with Crippen LogP contribution < -0.4 is 0 Å². The molecule has 30 heavy (non-hydrogen) atoms. The fourth-order valence-electron chi connectivity index (χ4n) is 2.44. The van der Waals surface area contributed by atoms with Gasteiger partial charge in [-0.15, -0.1) is 0 Å². The molecule has 0 rings (SSSR count). The van der Waals surface area contributed by atoms with Crippen molar-refractivity contribution in [2.45, 2.75) is 174 Å². The molecule has 0 spiro atoms. The van der Waals surface area contributed by atoms with Gasteiger partial charge in [0.25, 0.3) is 0 Å². The summed E-state index contributed by atoms with van der Waals surface area (Å²) in [6.07, 6.45) is 16.3. The van der Waals surface area contributed by atoms with Gasteiger partial charge < -0.3 is 0 Å². The second-order valence-corrected chi connectivity index (χ2v) is 10.4. The van der Waals surface area contributed by atoms with Crippen LogP contribution in [0.25, 0.3) is 0 Å². The molecule has 0 radical (unpaired) electrons. The van der Waals surface area contributed by atoms with E-state index in [9.17, 15) is 0 Å². The summed E-state index contributed by atoms with van der Waals surface area (Å²) in [5, 5.41) is 0. The van der Waals surface area contributed by atoms with E-state index in [0.717, 1.165) is 23.7 Å². The number of hydrogen-bond acceptors (Lipinski definition) is 0. The Balaban J connectivity index is -0.0000000894. The molecule has 0 atom stereocenters. The molecule has 0 fully saturated rings. The van der Waals surface area contributed by atoms with Crippen LogP contribution in [0.2, 0.25) is 0 Å². The van der Waals surface area contributed by atoms with Crippen molar-refractivity contribution in [2.75, 3.05) is 0 Å². The molecule has 0 saturated carbocycles. The first-order valence-electron chi connectivity index (χ1n) is 14.0. The summed E-state index contributed by atoms with van der Waals surface area (Å²) in [5.74, 6) is 3.58. The average Bonchev–Trinajstić information content (AvgIpc) is 2.63. The fraction of sp³-hybridized carbons (Fsp3) is 1.00. The molecule has 0 N–H and O–H groups in total. The number of hydrogen-bond donors (Lipinski definition) is 0. The lowest BCUT2D eigenvalue weighted by Gasteiger charge is -2.05. The molecular formula is C30H70. The number of unbranched alkanes of at least 4 members (excludes halogenated alkanes) is 3. The van der Waals surface area contributed by atoms with Gasteiger partial charge in [-0.3, -0.25) is 0 Å². The largest absolute Gasteiger partial charge is 0.0654 e. The molecule has 0 nitrogen and oxygen atoms in total. The minimum Gasteiger partial charge on any atom is -0.0654 e. The van der Waals surface area contributed by atoms with Crippen LogP contribution in [0.15, 0.2) is 0 Å². The minimum atomic E-state index is 0.892. The monoisotopic (exact) mass is 431 g/mol. The molecule has 0 heterocycles. The molecule has 0 aromatic rings. The molecule has 0 amide bonds. The molecule has 0 aliphatic heterocycles. The van der Waals surface area contributed by atoms with Gasteiger partial charge in [-0.2, -0.15) is 0 Å². The van der Waals surface area contributed by atoms with Crippen LogP contribution in [0.5, 0.6) is 0 Å². The van der Waals surface area contributed by atoms with Gasteiger partial charge in [0.2, 0.25) is 0 Å². The molecular weight excluding hydrogens is 360 g/mol. The van der Waals surface area contributed by atoms with E-state index >= 15 is 0 Å². The Bertz CT molecular complexity index is 190. The SMILES string of the molecule is CC(C)CCCC(C)C.CCCC.CCCC(C)C.CCCC(C)C.CCCCC. The molecule has 190 valence electrons. The maximum atomic E-state index is 2.29. The van der Waals surface area contributed by atoms with Crippen LogP contribution in [0.3, 0.4) is 0 Å². The van der Waals surface area contributed by atoms with Crippen LogP contribution in [0.1, 0.15) is 174 Å². The van der Waals surface area contributed by atoms with Crippen molar-refractivity contribution in [3.63, 3.8) is 0 Å². The van der Waals surface area contributed by atoms with Gasteiger partial charge in [-0.25, -0.2) is 0 Å². The highest BCUT2D eigenvalue weighted by atomic mass is 14.0. The third kappa shape index (κ3) is 90.7. The number of rotatable bonds is 11. The lowest BCUT2D eigenvalue weighted by Crippen LogP contribution is -1.90. The molecule has 0 aliphatic rings. The summed E-state index contributed by atoms with van der Waals surface area (Å²) in [4.78, 5) is 0. The summed E-state index contributed by atoms with van der Waals surface area (Å²) < 4.78 is 0. The molecule has 0 heteroatoms. The fourth-order valence-corrected chi connectivity index (χ4v) is 2.44. The highest BCUT2D eigenvalue weighted by molar-refractivity contribution is 4.49. The molecule has 0 aliphatic carbocycles. The van der Waals surface area contributed by atoms with Gasteiger partial charge in [0.1, 0.15) is 0 Å². The maximum absolute atomic E-state index is 2.29. The average molecular weight is 431 g/mol. The summed E-state index contributed by atoms with van der Waals surface area (Å²) in [7, 11) is 0. The van der Waals surface area contributed by atoms with E-state index in [2.05, 4.69) is 96.9 Å². The first-order valence-corrected chi connectivity index (χ1v) is 14.0. The van der Waals surface area contributed by atoms with E-state index in [-0.39, 0.29) is 0 Å². The third-order valence-electron chi connectivity index (χ3n) is 4.50. The van der Waals surface area contributed by atoms with E-state index in [0.29, 0.717) is 0 Å². The zero-order valence-corrected chi connectivity index (χ0v) is 24.8. The quantitative estimate of drug-likeness (QED) is 0.305. The Morgan fingerprint density at radius 3 is 0.633 bits per heavy atom. The molecule has 0 aromatic carbocycles. The van der Waals surface area contributed by atoms with E-state index in [1.165, 1.54) is 77.0 Å². The molecule has 0 aromatic heterocycles. The highest BCUT2D eigenvalue weighted by Crippen LogP contribution is 2.10. The van der Waals surface area contributed by atoms with Gasteiger partial charge in [0.05, 0.1) is 0 Å². The third-order valence-corrected chi connectivity index (χ3v) is 4.50. The van der Waals surface area contributed by atoms with Crippen molar-refractivity contribution in [2.24, 2.45) is 23.7 Å². The van der Waals surface area contributed by atoms with Gasteiger partial charge in [-0.1, -0.05) is 174 Å². The molecule has 0 bridgehead atoms. The Morgan fingerprint density at radius 1 is 0.300 bits per heavy atom. The zero-order chi connectivity index (χ0) is 24.8. The van der Waals surface area contributed by atoms with Crippen LogP contribution in [0, 0.1) is 23.7 Å². The van der Waals surface area contributed by atoms with Crippen molar-refractivity contribution >= 4 is 0 Å². The van der Waals surface area contributed by atoms with E-state index in [1.807, 2.05) is 0 Å². The van der Waals surface area contributed by atoms with Crippen LogP contribution in [0.4, 0.5) is 0 Å². The van der Waals surface area contributed by atoms with Crippen molar-refractivity contribution in [3.05, 3.63) is 0 Å². The van der Waals surface area contributed by atoms with Crippen molar-refractivity contribution < 1.29 is 0 Å². The second kappa shape index (κ2) is 39.5. The Hall–Kier alpha value is 0. The highest BCUT2D eigenvalue weighted by Gasteiger charge is 1.95. The first kappa shape index (κ1) is 40.4. The Labute approximate surface area is 197 Å². The van der Waals surface area contributed by atoms with Gasteiger partial charge in [0, 0.05) is 0 Å². The molecule has 0 unspecified atom stereocenters.